The van der Waals surface area contributed by atoms with Gasteiger partial charge in [-0.15, -0.1) is 0 Å². The Morgan fingerprint density at radius 2 is 1.41 bits per heavy atom. The van der Waals surface area contributed by atoms with Gasteiger partial charge in [-0.1, -0.05) is 0 Å². The van der Waals surface area contributed by atoms with Crippen LogP contribution in [0.15, 0.2) is 6.07 Å². The maximum Gasteiger partial charge on any atom is 0.303 e. The quantitative estimate of drug-likeness (QED) is 0.125. The molecule has 2 aromatic carbocycles. The number of carbonyl (C=O) groups is 2. The van der Waals surface area contributed by atoms with E-state index in [4.69, 9.17) is 61.6 Å². The molecule has 0 saturated carbocycles. The molecule has 7 aliphatic rings. The van der Waals surface area contributed by atoms with Crippen molar-refractivity contribution >= 4 is 22.5 Å². The lowest BCUT2D eigenvalue weighted by Crippen LogP contribution is -2.74. The fourth-order valence-electron chi connectivity index (χ4n) is 12.1. The zero-order chi connectivity index (χ0) is 51.2. The summed E-state index contributed by atoms with van der Waals surface area (Å²) in [5.74, 6) is -6.34. The molecule has 0 spiro atoms. The molecule has 2 aromatic rings. The van der Waals surface area contributed by atoms with Gasteiger partial charge < -0.3 is 97.3 Å². The van der Waals surface area contributed by atoms with Crippen LogP contribution < -0.4 is 9.47 Å². The number of carbonyl (C=O) groups excluding carboxylic acids is 2. The second-order valence-corrected chi connectivity index (χ2v) is 20.8. The van der Waals surface area contributed by atoms with Crippen LogP contribution in [0.1, 0.15) is 120 Å². The minimum atomic E-state index is -2.32. The van der Waals surface area contributed by atoms with Crippen molar-refractivity contribution in [3.63, 3.8) is 0 Å². The number of ketones is 1. The maximum atomic E-state index is 14.1. The molecule has 70 heavy (non-hydrogen) atoms. The Morgan fingerprint density at radius 1 is 0.814 bits per heavy atom. The molecule has 7 N–H and O–H groups in total. The monoisotopic (exact) mass is 994 g/mol. The van der Waals surface area contributed by atoms with Crippen molar-refractivity contribution in [2.75, 3.05) is 21.3 Å². The van der Waals surface area contributed by atoms with Crippen molar-refractivity contribution < 1.29 is 107 Å². The van der Waals surface area contributed by atoms with Gasteiger partial charge in [-0.05, 0) is 67.0 Å². The van der Waals surface area contributed by atoms with Gasteiger partial charge in [0.1, 0.15) is 47.3 Å². The van der Waals surface area contributed by atoms with Crippen molar-refractivity contribution in [2.24, 2.45) is 0 Å². The van der Waals surface area contributed by atoms with E-state index < -0.39 is 138 Å². The number of rotatable bonds is 11. The maximum absolute atomic E-state index is 14.1. The molecular formula is C48H66O22. The van der Waals surface area contributed by atoms with Gasteiger partial charge in [0.05, 0.1) is 53.7 Å². The average molecular weight is 995 g/mol. The van der Waals surface area contributed by atoms with Gasteiger partial charge in [-0.3, -0.25) is 9.59 Å². The predicted molar refractivity (Wildman–Crippen MR) is 235 cm³/mol. The van der Waals surface area contributed by atoms with E-state index in [1.807, 2.05) is 0 Å². The van der Waals surface area contributed by atoms with Crippen LogP contribution in [0.5, 0.6) is 17.2 Å². The molecule has 0 radical (unpaired) electrons. The van der Waals surface area contributed by atoms with Crippen molar-refractivity contribution in [3.05, 3.63) is 28.3 Å². The number of benzene rings is 2. The predicted octanol–water partition coefficient (Wildman–Crippen LogP) is 1.84. The molecule has 5 fully saturated rings. The van der Waals surface area contributed by atoms with E-state index in [-0.39, 0.29) is 59.1 Å². The van der Waals surface area contributed by atoms with Gasteiger partial charge in [-0.2, -0.15) is 0 Å². The van der Waals surface area contributed by atoms with Gasteiger partial charge in [0.15, 0.2) is 42.5 Å². The van der Waals surface area contributed by atoms with E-state index in [2.05, 4.69) is 0 Å². The van der Waals surface area contributed by atoms with E-state index >= 15 is 0 Å². The summed E-state index contributed by atoms with van der Waals surface area (Å²) >= 11 is 0. The standard InChI is InChI=1S/C48H66O22/c1-18-13-23-30(34(52)32-31(35(23)58-10)25(14-24(50)33(32)51)65-26-16-44(7,55)39(20(3)62-26)64-22(5)49)36-29(18)37-41-47(60-12,68-36)46(9,57)48(69-37,70-41)42(59-11)67-28-17-45(8,56)40(21(4)63-28)66-27-15-43(6,54)38(53)19(2)61-27/h13,19-21,24-28,37-42,50,52-57H,14-17H2,1-12H3/t19-,20-,21-,24-,25-,26-,27-,28-,37-,38+,39+,40+,41-,42+,43+,44+,45+,46-,47+,48-/m0/s1. The van der Waals surface area contributed by atoms with Gasteiger partial charge in [0.25, 0.3) is 11.6 Å². The molecule has 390 valence electrons. The van der Waals surface area contributed by atoms with Crippen molar-refractivity contribution in [3.8, 4) is 17.2 Å². The van der Waals surface area contributed by atoms with Gasteiger partial charge in [0.2, 0.25) is 6.29 Å². The molecule has 22 heteroatoms. The third-order valence-corrected chi connectivity index (χ3v) is 15.4. The average Bonchev–Trinajstić information content (AvgIpc) is 3.75. The molecule has 5 saturated heterocycles. The lowest BCUT2D eigenvalue weighted by atomic mass is 9.76. The first-order valence-electron chi connectivity index (χ1n) is 23.5. The van der Waals surface area contributed by atoms with E-state index in [0.717, 1.165) is 0 Å². The summed E-state index contributed by atoms with van der Waals surface area (Å²) in [6, 6.07) is 1.70. The summed E-state index contributed by atoms with van der Waals surface area (Å²) in [6.07, 6.45) is -16.3. The SMILES string of the molecule is COc1c2c(c(O)c3c4c(c(C)cc13)[C@@H]1O[C@@]3([C@H](OC)O[C@H]5C[C@@](C)(O)[C@H](O[C@H]6C[C@@](C)(O)[C@H](O)[C@H](C)O6)[C@H](C)O5)O[C@@H]1[C@@](OC)(O4)[C@]3(C)O)C(=O)[C@@H](O)C[C@@H]2O[C@H]1C[C@@](C)(O)[C@H](OC(C)=O)[C@H](C)O1. The minimum Gasteiger partial charge on any atom is -0.506 e. The summed E-state index contributed by atoms with van der Waals surface area (Å²) in [5.41, 5.74) is -6.40. The zero-order valence-corrected chi connectivity index (χ0v) is 41.2. The zero-order valence-electron chi connectivity index (χ0n) is 41.2. The number of Topliss-reactive ketones (excluding diaryl/α,β-unsaturated/α-hetero) is 1. The molecule has 6 heterocycles. The third-order valence-electron chi connectivity index (χ3n) is 15.4. The van der Waals surface area contributed by atoms with Crippen LogP contribution in [-0.4, -0.2) is 177 Å². The first kappa shape index (κ1) is 51.5. The summed E-state index contributed by atoms with van der Waals surface area (Å²) in [5, 5.41) is 81.1. The topological polar surface area (TPSA) is 296 Å². The Labute approximate surface area is 403 Å². The number of esters is 1. The van der Waals surface area contributed by atoms with Crippen LogP contribution in [-0.2, 0) is 56.9 Å². The van der Waals surface area contributed by atoms with Crippen molar-refractivity contribution in [2.45, 2.75) is 208 Å². The second kappa shape index (κ2) is 17.4. The molecular weight excluding hydrogens is 929 g/mol. The van der Waals surface area contributed by atoms with E-state index in [1.54, 1.807) is 33.8 Å². The van der Waals surface area contributed by atoms with Crippen molar-refractivity contribution in [1.82, 2.24) is 0 Å². The number of aryl methyl sites for hydroxylation is 1. The summed E-state index contributed by atoms with van der Waals surface area (Å²) in [7, 11) is 3.96. The van der Waals surface area contributed by atoms with Crippen molar-refractivity contribution in [1.29, 1.82) is 0 Å². The number of aliphatic hydroxyl groups is 6. The number of fused-ring (bicyclic) bond motifs is 6. The van der Waals surface area contributed by atoms with Gasteiger partial charge >= 0.3 is 5.97 Å². The fourth-order valence-corrected chi connectivity index (χ4v) is 12.1. The van der Waals surface area contributed by atoms with E-state index in [9.17, 15) is 45.3 Å². The number of hydrogen-bond acceptors (Lipinski definition) is 22. The van der Waals surface area contributed by atoms with Gasteiger partial charge in [0, 0.05) is 63.3 Å². The Bertz CT molecular complexity index is 2400. The normalized spacial score (nSPS) is 45.7. The lowest BCUT2D eigenvalue weighted by Gasteiger charge is -2.54. The van der Waals surface area contributed by atoms with Gasteiger partial charge in [-0.25, -0.2) is 0 Å². The molecule has 9 rings (SSSR count). The summed E-state index contributed by atoms with van der Waals surface area (Å²) in [4.78, 5) is 25.9. The van der Waals surface area contributed by atoms with Crippen LogP contribution in [0.2, 0.25) is 0 Å². The third kappa shape index (κ3) is 7.59. The Balaban J connectivity index is 1.04. The van der Waals surface area contributed by atoms with Crippen LogP contribution >= 0.6 is 0 Å². The molecule has 0 amide bonds. The highest BCUT2D eigenvalue weighted by Gasteiger charge is 2.86. The summed E-state index contributed by atoms with van der Waals surface area (Å²) in [6.45, 7) is 13.7. The Morgan fingerprint density at radius 3 is 2.01 bits per heavy atom. The van der Waals surface area contributed by atoms with Crippen LogP contribution in [0, 0.1) is 6.92 Å². The molecule has 2 bridgehead atoms. The minimum absolute atomic E-state index is 0.0400. The Kier molecular flexibility index (Phi) is 12.8. The van der Waals surface area contributed by atoms with E-state index in [1.165, 1.54) is 55.9 Å². The number of phenolic OH excluding ortho intramolecular Hbond substituents is 1. The first-order valence-corrected chi connectivity index (χ1v) is 23.5. The Hall–Kier alpha value is -3.40. The molecule has 20 atom stereocenters. The van der Waals surface area contributed by atoms with Crippen LogP contribution in [0.25, 0.3) is 10.8 Å². The molecule has 0 unspecified atom stereocenters. The molecule has 22 nitrogen and oxygen atoms in total. The van der Waals surface area contributed by atoms with Crippen LogP contribution in [0.3, 0.4) is 0 Å². The molecule has 1 aliphatic carbocycles. The molecule has 0 aromatic heterocycles. The molecule has 6 aliphatic heterocycles. The number of phenols is 1. The lowest BCUT2D eigenvalue weighted by molar-refractivity contribution is -0.420. The number of aromatic hydroxyl groups is 1. The summed E-state index contributed by atoms with van der Waals surface area (Å²) < 4.78 is 80.7. The van der Waals surface area contributed by atoms with E-state index in [0.29, 0.717) is 11.1 Å². The van der Waals surface area contributed by atoms with Crippen LogP contribution in [0.4, 0.5) is 0 Å². The highest BCUT2D eigenvalue weighted by molar-refractivity contribution is 6.13. The number of ether oxygens (including phenoxy) is 13. The fraction of sp³-hybridized carbons (Fsp3) is 0.750. The highest BCUT2D eigenvalue weighted by Crippen LogP contribution is 2.68. The first-order chi connectivity index (χ1) is 32.6. The number of aliphatic hydroxyl groups excluding tert-OH is 2. The highest BCUT2D eigenvalue weighted by atomic mass is 16.9. The smallest absolute Gasteiger partial charge is 0.303 e. The number of hydrogen-bond donors (Lipinski definition) is 7. The largest absolute Gasteiger partial charge is 0.506 e. The second-order valence-electron chi connectivity index (χ2n) is 20.8. The number of methoxy groups -OCH3 is 3.